The van der Waals surface area contributed by atoms with E-state index in [1.807, 2.05) is 0 Å². The highest BCUT2D eigenvalue weighted by Gasteiger charge is 2.40. The van der Waals surface area contributed by atoms with Crippen LogP contribution in [0.15, 0.2) is 18.2 Å². The average molecular weight is 281 g/mol. The standard InChI is InChI=1S/C18H23N3/c19-11-18(7-2-8-18)14-4-1-3-13-15-12-5-9-21(10-6-12)17(15)20-16(13)14/h1,3-4,12,20H,2,5-11,19H2. The molecule has 0 atom stereocenters. The summed E-state index contributed by atoms with van der Waals surface area (Å²) in [5, 5.41) is 1.47. The van der Waals surface area contributed by atoms with Crippen LogP contribution in [0.4, 0.5) is 5.82 Å². The number of para-hydroxylation sites is 1. The minimum atomic E-state index is 0.237. The number of aromatic amines is 1. The summed E-state index contributed by atoms with van der Waals surface area (Å²) in [6, 6.07) is 6.88. The molecule has 110 valence electrons. The number of benzene rings is 1. The first-order chi connectivity index (χ1) is 10.3. The predicted octanol–water partition coefficient (Wildman–Crippen LogP) is 3.25. The van der Waals surface area contributed by atoms with Crippen LogP contribution in [-0.2, 0) is 5.41 Å². The number of H-pyrrole nitrogens is 1. The van der Waals surface area contributed by atoms with Crippen molar-refractivity contribution in [1.82, 2.24) is 4.98 Å². The SMILES string of the molecule is NCC1(c2cccc3c4c([nH]c23)N2CCC4CC2)CCC1. The van der Waals surface area contributed by atoms with Crippen molar-refractivity contribution < 1.29 is 0 Å². The molecular formula is C18H23N3. The van der Waals surface area contributed by atoms with Crippen LogP contribution < -0.4 is 10.6 Å². The Morgan fingerprint density at radius 3 is 2.71 bits per heavy atom. The van der Waals surface area contributed by atoms with Crippen LogP contribution in [0.2, 0.25) is 0 Å². The number of piperidine rings is 1. The van der Waals surface area contributed by atoms with Crippen LogP contribution in [0.5, 0.6) is 0 Å². The van der Waals surface area contributed by atoms with Crippen LogP contribution in [0.3, 0.4) is 0 Å². The second-order valence-corrected chi connectivity index (χ2v) is 7.21. The molecule has 1 aliphatic carbocycles. The van der Waals surface area contributed by atoms with Gasteiger partial charge < -0.3 is 15.6 Å². The fourth-order valence-corrected chi connectivity index (χ4v) is 4.91. The molecule has 1 saturated carbocycles. The molecule has 3 N–H and O–H groups in total. The third-order valence-electron chi connectivity index (χ3n) is 6.35. The van der Waals surface area contributed by atoms with E-state index >= 15 is 0 Å². The van der Waals surface area contributed by atoms with Gasteiger partial charge in [0.25, 0.3) is 0 Å². The second kappa shape index (κ2) is 4.04. The van der Waals surface area contributed by atoms with E-state index in [0.29, 0.717) is 0 Å². The van der Waals surface area contributed by atoms with Crippen LogP contribution in [0.1, 0.15) is 49.1 Å². The number of aromatic nitrogens is 1. The molecule has 1 aromatic carbocycles. The van der Waals surface area contributed by atoms with Crippen molar-refractivity contribution in [1.29, 1.82) is 0 Å². The molecule has 0 radical (unpaired) electrons. The zero-order valence-electron chi connectivity index (χ0n) is 12.5. The number of hydrogen-bond donors (Lipinski definition) is 2. The maximum atomic E-state index is 6.16. The van der Waals surface area contributed by atoms with Gasteiger partial charge >= 0.3 is 0 Å². The number of rotatable bonds is 2. The van der Waals surface area contributed by atoms with Crippen molar-refractivity contribution >= 4 is 16.7 Å². The number of nitrogens with one attached hydrogen (secondary N) is 1. The Morgan fingerprint density at radius 1 is 1.24 bits per heavy atom. The predicted molar refractivity (Wildman–Crippen MR) is 87.1 cm³/mol. The Hall–Kier alpha value is -1.48. The molecule has 1 aromatic heterocycles. The van der Waals surface area contributed by atoms with E-state index in [-0.39, 0.29) is 5.41 Å². The highest BCUT2D eigenvalue weighted by molar-refractivity contribution is 5.93. The lowest BCUT2D eigenvalue weighted by atomic mass is 9.64. The highest BCUT2D eigenvalue weighted by atomic mass is 15.2. The fourth-order valence-electron chi connectivity index (χ4n) is 4.91. The summed E-state index contributed by atoms with van der Waals surface area (Å²) < 4.78 is 0. The van der Waals surface area contributed by atoms with Crippen LogP contribution >= 0.6 is 0 Å². The van der Waals surface area contributed by atoms with E-state index in [9.17, 15) is 0 Å². The van der Waals surface area contributed by atoms with Crippen LogP contribution in [0, 0.1) is 0 Å². The van der Waals surface area contributed by atoms with Crippen molar-refractivity contribution in [3.05, 3.63) is 29.3 Å². The van der Waals surface area contributed by atoms with Gasteiger partial charge in [0.05, 0.1) is 5.52 Å². The third-order valence-corrected chi connectivity index (χ3v) is 6.35. The zero-order chi connectivity index (χ0) is 14.0. The van der Waals surface area contributed by atoms with Crippen molar-refractivity contribution in [2.24, 2.45) is 5.73 Å². The number of hydrogen-bond acceptors (Lipinski definition) is 2. The molecule has 1 saturated heterocycles. The van der Waals surface area contributed by atoms with Gasteiger partial charge in [-0.15, -0.1) is 0 Å². The fraction of sp³-hybridized carbons (Fsp3) is 0.556. The summed E-state index contributed by atoms with van der Waals surface area (Å²) in [7, 11) is 0. The van der Waals surface area contributed by atoms with Crippen LogP contribution in [-0.4, -0.2) is 24.6 Å². The summed E-state index contributed by atoms with van der Waals surface area (Å²) in [5.41, 5.74) is 10.8. The zero-order valence-corrected chi connectivity index (χ0v) is 12.5. The molecule has 3 heteroatoms. The molecule has 21 heavy (non-hydrogen) atoms. The highest BCUT2D eigenvalue weighted by Crippen LogP contribution is 2.50. The number of anilines is 1. The molecule has 2 aromatic rings. The Morgan fingerprint density at radius 2 is 2.05 bits per heavy atom. The Kier molecular flexibility index (Phi) is 2.33. The van der Waals surface area contributed by atoms with Gasteiger partial charge in [-0.2, -0.15) is 0 Å². The minimum Gasteiger partial charge on any atom is -0.358 e. The Bertz CT molecular complexity index is 697. The first-order valence-electron chi connectivity index (χ1n) is 8.42. The van der Waals surface area contributed by atoms with Gasteiger partial charge in [0.2, 0.25) is 0 Å². The molecule has 0 unspecified atom stereocenters. The van der Waals surface area contributed by atoms with E-state index in [1.165, 1.54) is 67.5 Å². The summed E-state index contributed by atoms with van der Waals surface area (Å²) >= 11 is 0. The monoisotopic (exact) mass is 281 g/mol. The van der Waals surface area contributed by atoms with Crippen molar-refractivity contribution in [2.45, 2.75) is 43.4 Å². The van der Waals surface area contributed by atoms with Gasteiger partial charge in [-0.1, -0.05) is 24.6 Å². The van der Waals surface area contributed by atoms with Gasteiger partial charge in [0.15, 0.2) is 0 Å². The first-order valence-corrected chi connectivity index (χ1v) is 8.42. The Labute approximate surface area is 125 Å². The molecule has 2 bridgehead atoms. The van der Waals surface area contributed by atoms with Gasteiger partial charge in [-0.25, -0.2) is 0 Å². The summed E-state index contributed by atoms with van der Waals surface area (Å²) in [5.74, 6) is 2.18. The lowest BCUT2D eigenvalue weighted by Crippen LogP contribution is -2.41. The normalized spacial score (nSPS) is 23.4. The van der Waals surface area contributed by atoms with Crippen molar-refractivity contribution in [2.75, 3.05) is 24.5 Å². The van der Waals surface area contributed by atoms with Gasteiger partial charge in [0.1, 0.15) is 5.82 Å². The molecule has 0 spiro atoms. The maximum absolute atomic E-state index is 6.16. The first kappa shape index (κ1) is 12.1. The molecule has 4 heterocycles. The largest absolute Gasteiger partial charge is 0.358 e. The van der Waals surface area contributed by atoms with Gasteiger partial charge in [-0.05, 0) is 37.2 Å². The van der Waals surface area contributed by atoms with Crippen molar-refractivity contribution in [3.8, 4) is 0 Å². The number of nitrogens with zero attached hydrogens (tertiary/aromatic N) is 1. The quantitative estimate of drug-likeness (QED) is 0.887. The molecule has 3 aliphatic heterocycles. The smallest absolute Gasteiger partial charge is 0.110 e. The summed E-state index contributed by atoms with van der Waals surface area (Å²) in [4.78, 5) is 6.35. The lowest BCUT2D eigenvalue weighted by molar-refractivity contribution is 0.255. The van der Waals surface area contributed by atoms with E-state index < -0.39 is 0 Å². The number of fused-ring (bicyclic) bond motifs is 3. The number of nitrogens with two attached hydrogens (primary N) is 1. The minimum absolute atomic E-state index is 0.237. The van der Waals surface area contributed by atoms with E-state index in [1.54, 1.807) is 5.56 Å². The third kappa shape index (κ3) is 1.43. The molecule has 3 nitrogen and oxygen atoms in total. The molecule has 6 rings (SSSR count). The van der Waals surface area contributed by atoms with Gasteiger partial charge in [-0.3, -0.25) is 0 Å². The average Bonchev–Trinajstić information content (AvgIpc) is 2.90. The molecular weight excluding hydrogens is 258 g/mol. The van der Waals surface area contributed by atoms with E-state index in [0.717, 1.165) is 12.5 Å². The van der Waals surface area contributed by atoms with E-state index in [4.69, 9.17) is 5.73 Å². The molecule has 4 aliphatic rings. The second-order valence-electron chi connectivity index (χ2n) is 7.21. The summed E-state index contributed by atoms with van der Waals surface area (Å²) in [6.45, 7) is 3.23. The lowest BCUT2D eigenvalue weighted by Gasteiger charge is -2.41. The molecule has 0 amide bonds. The van der Waals surface area contributed by atoms with E-state index in [2.05, 4.69) is 28.1 Å². The van der Waals surface area contributed by atoms with Crippen LogP contribution in [0.25, 0.3) is 10.9 Å². The van der Waals surface area contributed by atoms with Gasteiger partial charge in [0, 0.05) is 36.0 Å². The van der Waals surface area contributed by atoms with Crippen molar-refractivity contribution in [3.63, 3.8) is 0 Å². The molecule has 2 fully saturated rings. The maximum Gasteiger partial charge on any atom is 0.110 e. The topological polar surface area (TPSA) is 45.1 Å². The Balaban J connectivity index is 1.77. The summed E-state index contributed by atoms with van der Waals surface area (Å²) in [6.07, 6.45) is 6.47.